The highest BCUT2D eigenvalue weighted by Crippen LogP contribution is 2.32. The Morgan fingerprint density at radius 1 is 1.32 bits per heavy atom. The molecule has 1 aliphatic carbocycles. The minimum atomic E-state index is -0.161. The van der Waals surface area contributed by atoms with Crippen LogP contribution in [0.1, 0.15) is 37.4 Å². The van der Waals surface area contributed by atoms with E-state index < -0.39 is 0 Å². The number of aryl methyl sites for hydroxylation is 1. The van der Waals surface area contributed by atoms with E-state index in [9.17, 15) is 0 Å². The van der Waals surface area contributed by atoms with Crippen LogP contribution in [0.15, 0.2) is 18.2 Å². The molecule has 0 amide bonds. The lowest BCUT2D eigenvalue weighted by molar-refractivity contribution is -0.133. The Morgan fingerprint density at radius 2 is 2.05 bits per heavy atom. The Bertz CT molecular complexity index is 405. The molecule has 1 aromatic rings. The first-order chi connectivity index (χ1) is 9.24. The molecule has 0 heterocycles. The Balaban J connectivity index is 1.91. The Morgan fingerprint density at radius 3 is 2.74 bits per heavy atom. The van der Waals surface area contributed by atoms with Gasteiger partial charge in [-0.25, -0.2) is 0 Å². The third kappa shape index (κ3) is 3.93. The van der Waals surface area contributed by atoms with Gasteiger partial charge in [-0.3, -0.25) is 0 Å². The van der Waals surface area contributed by atoms with Crippen molar-refractivity contribution in [1.29, 1.82) is 0 Å². The summed E-state index contributed by atoms with van der Waals surface area (Å²) < 4.78 is 11.1. The zero-order chi connectivity index (χ0) is 13.7. The third-order valence-corrected chi connectivity index (χ3v) is 3.65. The van der Waals surface area contributed by atoms with E-state index in [0.717, 1.165) is 17.9 Å². The first-order valence-corrected chi connectivity index (χ1v) is 7.37. The minimum Gasteiger partial charge on any atom is -0.352 e. The van der Waals surface area contributed by atoms with Crippen LogP contribution in [0.5, 0.6) is 0 Å². The van der Waals surface area contributed by atoms with Gasteiger partial charge in [-0.1, -0.05) is 17.7 Å². The number of rotatable bonds is 7. The van der Waals surface area contributed by atoms with Crippen molar-refractivity contribution in [2.75, 3.05) is 19.8 Å². The normalized spacial score (nSPS) is 18.0. The smallest absolute Gasteiger partial charge is 0.169 e. The molecule has 0 bridgehead atoms. The lowest BCUT2D eigenvalue weighted by atomic mass is 10.1. The van der Waals surface area contributed by atoms with Crippen molar-refractivity contribution in [3.8, 4) is 0 Å². The summed E-state index contributed by atoms with van der Waals surface area (Å²) in [6, 6.07) is 6.54. The molecule has 4 heteroatoms. The van der Waals surface area contributed by atoms with Gasteiger partial charge in [0.25, 0.3) is 0 Å². The molecule has 2 rings (SSSR count). The van der Waals surface area contributed by atoms with Gasteiger partial charge >= 0.3 is 0 Å². The zero-order valence-electron chi connectivity index (χ0n) is 11.6. The molecular formula is C15H22ClNO2. The molecule has 0 radical (unpaired) electrons. The maximum atomic E-state index is 6.02. The molecule has 106 valence electrons. The van der Waals surface area contributed by atoms with E-state index in [1.807, 2.05) is 19.9 Å². The average Bonchev–Trinajstić information content (AvgIpc) is 2.78. The summed E-state index contributed by atoms with van der Waals surface area (Å²) >= 11 is 6.02. The van der Waals surface area contributed by atoms with Crippen molar-refractivity contribution in [3.63, 3.8) is 0 Å². The number of hydrogen-bond acceptors (Lipinski definition) is 3. The monoisotopic (exact) mass is 283 g/mol. The second kappa shape index (κ2) is 7.25. The van der Waals surface area contributed by atoms with Gasteiger partial charge < -0.3 is 14.8 Å². The van der Waals surface area contributed by atoms with Gasteiger partial charge in [0.05, 0.1) is 0 Å². The second-order valence-corrected chi connectivity index (χ2v) is 5.12. The number of benzene rings is 1. The Hall–Kier alpha value is -0.610. The molecule has 0 spiro atoms. The molecule has 1 aromatic carbocycles. The van der Waals surface area contributed by atoms with Crippen molar-refractivity contribution in [1.82, 2.24) is 5.32 Å². The highest BCUT2D eigenvalue weighted by molar-refractivity contribution is 6.30. The number of halogens is 1. The van der Waals surface area contributed by atoms with Gasteiger partial charge in [-0.05, 0) is 49.9 Å². The first-order valence-electron chi connectivity index (χ1n) is 6.99. The zero-order valence-corrected chi connectivity index (χ0v) is 12.4. The van der Waals surface area contributed by atoms with Crippen LogP contribution in [0.3, 0.4) is 0 Å². The van der Waals surface area contributed by atoms with E-state index in [1.165, 1.54) is 11.1 Å². The molecule has 0 aliphatic heterocycles. The Labute approximate surface area is 120 Å². The number of hydrogen-bond donors (Lipinski definition) is 1. The van der Waals surface area contributed by atoms with Crippen molar-refractivity contribution in [3.05, 3.63) is 34.3 Å². The molecule has 0 saturated carbocycles. The van der Waals surface area contributed by atoms with Crippen molar-refractivity contribution < 1.29 is 9.47 Å². The predicted molar refractivity (Wildman–Crippen MR) is 77.6 cm³/mol. The van der Waals surface area contributed by atoms with Crippen LogP contribution in [-0.2, 0) is 15.9 Å². The predicted octanol–water partition coefficient (Wildman–Crippen LogP) is 3.32. The summed E-state index contributed by atoms with van der Waals surface area (Å²) in [4.78, 5) is 0. The molecule has 1 unspecified atom stereocenters. The minimum absolute atomic E-state index is 0.161. The van der Waals surface area contributed by atoms with Crippen LogP contribution >= 0.6 is 11.6 Å². The van der Waals surface area contributed by atoms with Crippen LogP contribution in [0.25, 0.3) is 0 Å². The lowest BCUT2D eigenvalue weighted by Gasteiger charge is -2.21. The van der Waals surface area contributed by atoms with Crippen LogP contribution in [-0.4, -0.2) is 26.0 Å². The summed E-state index contributed by atoms with van der Waals surface area (Å²) in [5, 5.41) is 4.35. The molecule has 3 nitrogen and oxygen atoms in total. The topological polar surface area (TPSA) is 30.5 Å². The summed E-state index contributed by atoms with van der Waals surface area (Å²) in [6.45, 7) is 6.03. The first kappa shape index (κ1) is 14.8. The van der Waals surface area contributed by atoms with Crippen molar-refractivity contribution >= 4 is 11.6 Å². The molecular weight excluding hydrogens is 262 g/mol. The van der Waals surface area contributed by atoms with E-state index >= 15 is 0 Å². The summed E-state index contributed by atoms with van der Waals surface area (Å²) in [6.07, 6.45) is 2.04. The van der Waals surface area contributed by atoms with Gasteiger partial charge in [-0.15, -0.1) is 0 Å². The molecule has 0 aromatic heterocycles. The second-order valence-electron chi connectivity index (χ2n) is 4.68. The summed E-state index contributed by atoms with van der Waals surface area (Å²) in [5.74, 6) is 0. The van der Waals surface area contributed by atoms with Gasteiger partial charge in [0.2, 0.25) is 0 Å². The molecule has 0 saturated heterocycles. The van der Waals surface area contributed by atoms with Gasteiger partial charge in [-0.2, -0.15) is 0 Å². The van der Waals surface area contributed by atoms with Crippen LogP contribution < -0.4 is 5.32 Å². The van der Waals surface area contributed by atoms with Crippen molar-refractivity contribution in [2.24, 2.45) is 0 Å². The highest BCUT2D eigenvalue weighted by Gasteiger charge is 2.23. The highest BCUT2D eigenvalue weighted by atomic mass is 35.5. The Kier molecular flexibility index (Phi) is 5.64. The molecule has 1 N–H and O–H groups in total. The summed E-state index contributed by atoms with van der Waals surface area (Å²) in [7, 11) is 0. The number of fused-ring (bicyclic) bond motifs is 1. The molecule has 0 fully saturated rings. The van der Waals surface area contributed by atoms with Gasteiger partial charge in [0, 0.05) is 30.8 Å². The maximum absolute atomic E-state index is 6.02. The fourth-order valence-electron chi connectivity index (χ4n) is 2.57. The van der Waals surface area contributed by atoms with E-state index in [-0.39, 0.29) is 6.29 Å². The van der Waals surface area contributed by atoms with Crippen LogP contribution in [0.4, 0.5) is 0 Å². The lowest BCUT2D eigenvalue weighted by Crippen LogP contribution is -2.33. The van der Waals surface area contributed by atoms with E-state index in [1.54, 1.807) is 0 Å². The third-order valence-electron chi connectivity index (χ3n) is 3.42. The SMILES string of the molecule is CCOC(CNC1CCc2cc(Cl)ccc21)OCC. The van der Waals surface area contributed by atoms with Crippen LogP contribution in [0.2, 0.25) is 5.02 Å². The summed E-state index contributed by atoms with van der Waals surface area (Å²) in [5.41, 5.74) is 2.71. The standard InChI is InChI=1S/C15H22ClNO2/c1-3-18-15(19-4-2)10-17-14-8-5-11-9-12(16)6-7-13(11)14/h6-7,9,14-15,17H,3-5,8,10H2,1-2H3. The quantitative estimate of drug-likeness (QED) is 0.779. The largest absolute Gasteiger partial charge is 0.352 e. The molecule has 1 aliphatic rings. The molecule has 1 atom stereocenters. The van der Waals surface area contributed by atoms with E-state index in [4.69, 9.17) is 21.1 Å². The fraction of sp³-hybridized carbons (Fsp3) is 0.600. The van der Waals surface area contributed by atoms with E-state index in [2.05, 4.69) is 17.4 Å². The van der Waals surface area contributed by atoms with Crippen molar-refractivity contribution in [2.45, 2.75) is 39.0 Å². The van der Waals surface area contributed by atoms with Gasteiger partial charge in [0.15, 0.2) is 6.29 Å². The van der Waals surface area contributed by atoms with E-state index in [0.29, 0.717) is 25.8 Å². The molecule has 19 heavy (non-hydrogen) atoms. The van der Waals surface area contributed by atoms with Crippen LogP contribution in [0, 0.1) is 0 Å². The number of nitrogens with one attached hydrogen (secondary N) is 1. The average molecular weight is 284 g/mol. The fourth-order valence-corrected chi connectivity index (χ4v) is 2.77. The number of ether oxygens (including phenoxy) is 2. The van der Waals surface area contributed by atoms with Gasteiger partial charge in [0.1, 0.15) is 0 Å². The maximum Gasteiger partial charge on any atom is 0.169 e.